The molecule has 2 aliphatic rings. The smallest absolute Gasteiger partial charge is 0.151 e. The zero-order chi connectivity index (χ0) is 15.3. The van der Waals surface area contributed by atoms with E-state index in [4.69, 9.17) is 0 Å². The molecule has 0 aromatic carbocycles. The molecule has 1 aliphatic carbocycles. The van der Waals surface area contributed by atoms with Crippen LogP contribution in [0.1, 0.15) is 45.4 Å². The van der Waals surface area contributed by atoms with Crippen molar-refractivity contribution in [2.45, 2.75) is 51.5 Å². The molecule has 2 rings (SSSR count). The summed E-state index contributed by atoms with van der Waals surface area (Å²) < 4.78 is 23.5. The maximum atomic E-state index is 11.7. The number of nitrogens with zero attached hydrogens (tertiary/aromatic N) is 1. The first-order valence-electron chi connectivity index (χ1n) is 8.64. The molecule has 0 radical (unpaired) electrons. The molecule has 1 N–H and O–H groups in total. The van der Waals surface area contributed by atoms with E-state index in [1.807, 2.05) is 0 Å². The molecule has 124 valence electrons. The van der Waals surface area contributed by atoms with E-state index in [0.717, 1.165) is 32.0 Å². The minimum Gasteiger partial charge on any atom is -0.317 e. The third-order valence-corrected chi connectivity index (χ3v) is 7.01. The fourth-order valence-corrected chi connectivity index (χ4v) is 5.43. The summed E-state index contributed by atoms with van der Waals surface area (Å²) in [7, 11) is -0.715. The Hall–Kier alpha value is -0.130. The molecule has 1 aliphatic heterocycles. The van der Waals surface area contributed by atoms with Crippen LogP contribution in [0.25, 0.3) is 0 Å². The molecule has 3 unspecified atom stereocenters. The minimum absolute atomic E-state index is 0.350. The summed E-state index contributed by atoms with van der Waals surface area (Å²) in [5.74, 6) is 2.28. The lowest BCUT2D eigenvalue weighted by atomic mass is 9.76. The SMILES string of the molecule is CCCC1CCC(NC)C(CN2CCCS(=O)(=O)CC2)C1. The van der Waals surface area contributed by atoms with Gasteiger partial charge in [0.25, 0.3) is 0 Å². The van der Waals surface area contributed by atoms with Gasteiger partial charge in [0.1, 0.15) is 0 Å². The predicted molar refractivity (Wildman–Crippen MR) is 88.3 cm³/mol. The second-order valence-electron chi connectivity index (χ2n) is 6.93. The molecular formula is C16H32N2O2S. The number of nitrogens with one attached hydrogen (secondary N) is 1. The van der Waals surface area contributed by atoms with Gasteiger partial charge in [0.05, 0.1) is 11.5 Å². The molecule has 2 fully saturated rings. The normalized spacial score (nSPS) is 34.5. The van der Waals surface area contributed by atoms with Gasteiger partial charge in [-0.15, -0.1) is 0 Å². The summed E-state index contributed by atoms with van der Waals surface area (Å²) in [5.41, 5.74) is 0. The number of rotatable bonds is 5. The molecule has 0 bridgehead atoms. The van der Waals surface area contributed by atoms with Crippen molar-refractivity contribution in [3.05, 3.63) is 0 Å². The van der Waals surface area contributed by atoms with Gasteiger partial charge in [0.2, 0.25) is 0 Å². The van der Waals surface area contributed by atoms with Crippen LogP contribution in [0.3, 0.4) is 0 Å². The van der Waals surface area contributed by atoms with E-state index >= 15 is 0 Å². The number of hydrogen-bond acceptors (Lipinski definition) is 4. The van der Waals surface area contributed by atoms with E-state index in [2.05, 4.69) is 24.2 Å². The third-order valence-electron chi connectivity index (χ3n) is 5.30. The fourth-order valence-electron chi connectivity index (χ4n) is 4.12. The van der Waals surface area contributed by atoms with E-state index in [-0.39, 0.29) is 0 Å². The van der Waals surface area contributed by atoms with Gasteiger partial charge in [0.15, 0.2) is 9.84 Å². The topological polar surface area (TPSA) is 49.4 Å². The van der Waals surface area contributed by atoms with Crippen LogP contribution in [0.5, 0.6) is 0 Å². The van der Waals surface area contributed by atoms with Crippen LogP contribution in [0, 0.1) is 11.8 Å². The zero-order valence-corrected chi connectivity index (χ0v) is 14.5. The van der Waals surface area contributed by atoms with Crippen molar-refractivity contribution in [2.75, 3.05) is 38.2 Å². The molecule has 5 heteroatoms. The van der Waals surface area contributed by atoms with Crippen molar-refractivity contribution in [3.63, 3.8) is 0 Å². The van der Waals surface area contributed by atoms with E-state index < -0.39 is 9.84 Å². The molecule has 0 aromatic heterocycles. The largest absolute Gasteiger partial charge is 0.317 e. The summed E-state index contributed by atoms with van der Waals surface area (Å²) in [6, 6.07) is 0.609. The summed E-state index contributed by atoms with van der Waals surface area (Å²) in [6.07, 6.45) is 7.37. The standard InChI is InChI=1S/C16H32N2O2S/c1-3-5-14-6-7-16(17-2)15(12-14)13-18-8-4-10-21(19,20)11-9-18/h14-17H,3-13H2,1-2H3. The Morgan fingerprint density at radius 1 is 1.19 bits per heavy atom. The summed E-state index contributed by atoms with van der Waals surface area (Å²) in [5, 5.41) is 3.49. The van der Waals surface area contributed by atoms with Crippen molar-refractivity contribution >= 4 is 9.84 Å². The van der Waals surface area contributed by atoms with Crippen molar-refractivity contribution in [1.29, 1.82) is 0 Å². The van der Waals surface area contributed by atoms with Crippen LogP contribution < -0.4 is 5.32 Å². The van der Waals surface area contributed by atoms with Gasteiger partial charge in [-0.3, -0.25) is 0 Å². The molecule has 4 nitrogen and oxygen atoms in total. The second kappa shape index (κ2) is 7.93. The molecular weight excluding hydrogens is 284 g/mol. The highest BCUT2D eigenvalue weighted by Crippen LogP contribution is 2.32. The van der Waals surface area contributed by atoms with Crippen LogP contribution in [-0.2, 0) is 9.84 Å². The van der Waals surface area contributed by atoms with E-state index in [1.54, 1.807) is 0 Å². The van der Waals surface area contributed by atoms with Gasteiger partial charge in [-0.05, 0) is 51.1 Å². The number of sulfone groups is 1. The highest BCUT2D eigenvalue weighted by atomic mass is 32.2. The Bertz CT molecular complexity index is 411. The molecule has 0 spiro atoms. The average molecular weight is 317 g/mol. The van der Waals surface area contributed by atoms with Gasteiger partial charge in [-0.25, -0.2) is 8.42 Å². The molecule has 3 atom stereocenters. The number of hydrogen-bond donors (Lipinski definition) is 1. The maximum absolute atomic E-state index is 11.7. The van der Waals surface area contributed by atoms with Crippen molar-refractivity contribution < 1.29 is 8.42 Å². The van der Waals surface area contributed by atoms with Crippen molar-refractivity contribution in [1.82, 2.24) is 10.2 Å². The lowest BCUT2D eigenvalue weighted by Gasteiger charge is -2.38. The van der Waals surface area contributed by atoms with Gasteiger partial charge in [0, 0.05) is 19.1 Å². The Morgan fingerprint density at radius 3 is 2.71 bits per heavy atom. The molecule has 0 aromatic rings. The van der Waals surface area contributed by atoms with Crippen LogP contribution in [0.4, 0.5) is 0 Å². The van der Waals surface area contributed by atoms with Crippen LogP contribution in [-0.4, -0.2) is 57.5 Å². The highest BCUT2D eigenvalue weighted by molar-refractivity contribution is 7.91. The van der Waals surface area contributed by atoms with E-state index in [1.165, 1.54) is 32.1 Å². The third kappa shape index (κ3) is 5.22. The summed E-state index contributed by atoms with van der Waals surface area (Å²) in [6.45, 7) is 5.03. The molecule has 1 heterocycles. The second-order valence-corrected chi connectivity index (χ2v) is 9.23. The van der Waals surface area contributed by atoms with Gasteiger partial charge < -0.3 is 10.2 Å². The monoisotopic (exact) mass is 316 g/mol. The summed E-state index contributed by atoms with van der Waals surface area (Å²) >= 11 is 0. The zero-order valence-electron chi connectivity index (χ0n) is 13.7. The average Bonchev–Trinajstić information content (AvgIpc) is 2.61. The highest BCUT2D eigenvalue weighted by Gasteiger charge is 2.31. The molecule has 21 heavy (non-hydrogen) atoms. The molecule has 1 saturated heterocycles. The first kappa shape index (κ1) is 17.2. The first-order valence-corrected chi connectivity index (χ1v) is 10.5. The van der Waals surface area contributed by atoms with Crippen molar-refractivity contribution in [2.24, 2.45) is 11.8 Å². The maximum Gasteiger partial charge on any atom is 0.151 e. The summed E-state index contributed by atoms with van der Waals surface area (Å²) in [4.78, 5) is 2.40. The Morgan fingerprint density at radius 2 is 2.00 bits per heavy atom. The minimum atomic E-state index is -2.79. The van der Waals surface area contributed by atoms with Gasteiger partial charge >= 0.3 is 0 Å². The van der Waals surface area contributed by atoms with Crippen molar-refractivity contribution in [3.8, 4) is 0 Å². The Kier molecular flexibility index (Phi) is 6.51. The lowest BCUT2D eigenvalue weighted by Crippen LogP contribution is -2.45. The van der Waals surface area contributed by atoms with Crippen LogP contribution in [0.15, 0.2) is 0 Å². The Labute approximate surface area is 130 Å². The van der Waals surface area contributed by atoms with Crippen LogP contribution >= 0.6 is 0 Å². The molecule has 1 saturated carbocycles. The van der Waals surface area contributed by atoms with Crippen LogP contribution in [0.2, 0.25) is 0 Å². The van der Waals surface area contributed by atoms with Gasteiger partial charge in [-0.1, -0.05) is 19.8 Å². The molecule has 0 amide bonds. The first-order chi connectivity index (χ1) is 10.0. The Balaban J connectivity index is 1.91. The van der Waals surface area contributed by atoms with E-state index in [0.29, 0.717) is 23.5 Å². The lowest BCUT2D eigenvalue weighted by molar-refractivity contribution is 0.144. The van der Waals surface area contributed by atoms with E-state index in [9.17, 15) is 8.42 Å². The van der Waals surface area contributed by atoms with Gasteiger partial charge in [-0.2, -0.15) is 0 Å². The predicted octanol–water partition coefficient (Wildman–Crippen LogP) is 1.91. The quantitative estimate of drug-likeness (QED) is 0.842. The fraction of sp³-hybridized carbons (Fsp3) is 1.00.